The first-order valence-electron chi connectivity index (χ1n) is 8.86. The fourth-order valence-electron chi connectivity index (χ4n) is 3.25. The van der Waals surface area contributed by atoms with Crippen LogP contribution in [0.25, 0.3) is 0 Å². The summed E-state index contributed by atoms with van der Waals surface area (Å²) in [5.74, 6) is 1.54. The lowest BCUT2D eigenvalue weighted by Gasteiger charge is -2.33. The average Bonchev–Trinajstić information content (AvgIpc) is 2.67. The fraction of sp³-hybridized carbons (Fsp3) is 0.350. The van der Waals surface area contributed by atoms with E-state index in [1.165, 1.54) is 18.5 Å². The molecule has 1 unspecified atom stereocenters. The number of nitrogens with two attached hydrogens (primary N) is 1. The highest BCUT2D eigenvalue weighted by molar-refractivity contribution is 14.0. The van der Waals surface area contributed by atoms with Crippen molar-refractivity contribution in [3.8, 4) is 5.75 Å². The highest BCUT2D eigenvalue weighted by atomic mass is 127. The summed E-state index contributed by atoms with van der Waals surface area (Å²) in [4.78, 5) is 6.95. The second-order valence-corrected chi connectivity index (χ2v) is 6.90. The Morgan fingerprint density at radius 2 is 2.07 bits per heavy atom. The highest BCUT2D eigenvalue weighted by Crippen LogP contribution is 2.27. The molecule has 0 saturated carbocycles. The van der Waals surface area contributed by atoms with Gasteiger partial charge in [0.25, 0.3) is 0 Å². The molecule has 1 heterocycles. The van der Waals surface area contributed by atoms with Crippen LogP contribution in [-0.4, -0.2) is 32.7 Å². The number of aliphatic imine (C=N–C) groups is 1. The van der Waals surface area contributed by atoms with Gasteiger partial charge in [-0.25, -0.2) is 0 Å². The van der Waals surface area contributed by atoms with E-state index < -0.39 is 0 Å². The lowest BCUT2D eigenvalue weighted by atomic mass is 9.97. The SMILES string of the molecule is COc1ccc(NC(N)=NCC2CCCN(c3ccccc3)C2)cc1Cl.I. The molecule has 2 aromatic carbocycles. The van der Waals surface area contributed by atoms with Gasteiger partial charge < -0.3 is 20.7 Å². The minimum atomic E-state index is 0. The Balaban J connectivity index is 0.00000261. The molecule has 0 radical (unpaired) electrons. The number of methoxy groups -OCH3 is 1. The zero-order valence-corrected chi connectivity index (χ0v) is 18.5. The quantitative estimate of drug-likeness (QED) is 0.358. The smallest absolute Gasteiger partial charge is 0.193 e. The van der Waals surface area contributed by atoms with Crippen molar-refractivity contribution in [1.29, 1.82) is 0 Å². The van der Waals surface area contributed by atoms with Gasteiger partial charge in [-0.15, -0.1) is 24.0 Å². The van der Waals surface area contributed by atoms with Crippen LogP contribution < -0.4 is 20.7 Å². The normalized spacial score (nSPS) is 17.2. The van der Waals surface area contributed by atoms with E-state index in [1.807, 2.05) is 12.1 Å². The number of ether oxygens (including phenoxy) is 1. The zero-order valence-electron chi connectivity index (χ0n) is 15.4. The molecular formula is C20H26ClIN4O. The van der Waals surface area contributed by atoms with Gasteiger partial charge in [0.15, 0.2) is 5.96 Å². The Kier molecular flexibility index (Phi) is 8.50. The van der Waals surface area contributed by atoms with Crippen LogP contribution in [0.15, 0.2) is 53.5 Å². The molecule has 2 aromatic rings. The highest BCUT2D eigenvalue weighted by Gasteiger charge is 2.19. The molecule has 0 spiro atoms. The molecule has 146 valence electrons. The van der Waals surface area contributed by atoms with Crippen molar-refractivity contribution in [3.05, 3.63) is 53.6 Å². The molecule has 1 atom stereocenters. The maximum Gasteiger partial charge on any atom is 0.193 e. The lowest BCUT2D eigenvalue weighted by Crippen LogP contribution is -2.37. The van der Waals surface area contributed by atoms with Crippen molar-refractivity contribution < 1.29 is 4.74 Å². The zero-order chi connectivity index (χ0) is 18.4. The third-order valence-electron chi connectivity index (χ3n) is 4.58. The summed E-state index contributed by atoms with van der Waals surface area (Å²) < 4.78 is 5.15. The van der Waals surface area contributed by atoms with Gasteiger partial charge in [-0.2, -0.15) is 0 Å². The lowest BCUT2D eigenvalue weighted by molar-refractivity contribution is 0.415. The van der Waals surface area contributed by atoms with Crippen LogP contribution in [0.2, 0.25) is 5.02 Å². The molecule has 0 amide bonds. The topological polar surface area (TPSA) is 62.9 Å². The monoisotopic (exact) mass is 500 g/mol. The number of anilines is 2. The number of piperidine rings is 1. The number of guanidine groups is 1. The summed E-state index contributed by atoms with van der Waals surface area (Å²) in [7, 11) is 1.59. The second-order valence-electron chi connectivity index (χ2n) is 6.49. The number of benzene rings is 2. The Morgan fingerprint density at radius 3 is 2.78 bits per heavy atom. The minimum Gasteiger partial charge on any atom is -0.495 e. The van der Waals surface area contributed by atoms with Crippen LogP contribution in [0.4, 0.5) is 11.4 Å². The number of para-hydroxylation sites is 1. The Bertz CT molecular complexity index is 757. The third kappa shape index (κ3) is 6.17. The van der Waals surface area contributed by atoms with Gasteiger partial charge in [0.05, 0.1) is 12.1 Å². The minimum absolute atomic E-state index is 0. The van der Waals surface area contributed by atoms with E-state index in [9.17, 15) is 0 Å². The predicted octanol–water partition coefficient (Wildman–Crippen LogP) is 4.61. The van der Waals surface area contributed by atoms with Crippen molar-refractivity contribution in [2.24, 2.45) is 16.6 Å². The first-order valence-corrected chi connectivity index (χ1v) is 9.24. The Labute approximate surface area is 183 Å². The molecule has 0 bridgehead atoms. The molecular weight excluding hydrogens is 475 g/mol. The van der Waals surface area contributed by atoms with E-state index in [0.29, 0.717) is 29.2 Å². The van der Waals surface area contributed by atoms with Gasteiger partial charge in [-0.3, -0.25) is 4.99 Å². The number of halogens is 2. The van der Waals surface area contributed by atoms with Crippen LogP contribution in [0, 0.1) is 5.92 Å². The molecule has 0 aliphatic carbocycles. The molecule has 27 heavy (non-hydrogen) atoms. The number of hydrogen-bond acceptors (Lipinski definition) is 3. The molecule has 3 rings (SSSR count). The molecule has 7 heteroatoms. The maximum atomic E-state index is 6.13. The largest absolute Gasteiger partial charge is 0.495 e. The van der Waals surface area contributed by atoms with Gasteiger partial charge in [-0.1, -0.05) is 29.8 Å². The Hall–Kier alpha value is -1.67. The fourth-order valence-corrected chi connectivity index (χ4v) is 3.50. The molecule has 1 fully saturated rings. The first kappa shape index (κ1) is 21.6. The second kappa shape index (κ2) is 10.6. The van der Waals surface area contributed by atoms with E-state index in [2.05, 4.69) is 39.5 Å². The summed E-state index contributed by atoms with van der Waals surface area (Å²) in [5.41, 5.74) is 8.12. The third-order valence-corrected chi connectivity index (χ3v) is 4.88. The maximum absolute atomic E-state index is 6.13. The van der Waals surface area contributed by atoms with Gasteiger partial charge in [0.2, 0.25) is 0 Å². The van der Waals surface area contributed by atoms with Crippen LogP contribution in [0.3, 0.4) is 0 Å². The van der Waals surface area contributed by atoms with Crippen molar-refractivity contribution >= 4 is 52.9 Å². The molecule has 1 saturated heterocycles. The summed E-state index contributed by atoms with van der Waals surface area (Å²) in [6.45, 7) is 2.82. The Morgan fingerprint density at radius 1 is 1.30 bits per heavy atom. The number of nitrogens with zero attached hydrogens (tertiary/aromatic N) is 2. The number of rotatable bonds is 5. The van der Waals surface area contributed by atoms with Crippen LogP contribution >= 0.6 is 35.6 Å². The molecule has 3 N–H and O–H groups in total. The van der Waals surface area contributed by atoms with Crippen LogP contribution in [-0.2, 0) is 0 Å². The van der Waals surface area contributed by atoms with E-state index in [0.717, 1.165) is 18.8 Å². The van der Waals surface area contributed by atoms with Crippen molar-refractivity contribution in [3.63, 3.8) is 0 Å². The van der Waals surface area contributed by atoms with Crippen molar-refractivity contribution in [2.45, 2.75) is 12.8 Å². The average molecular weight is 501 g/mol. The van der Waals surface area contributed by atoms with Crippen LogP contribution in [0.1, 0.15) is 12.8 Å². The molecule has 5 nitrogen and oxygen atoms in total. The van der Waals surface area contributed by atoms with Crippen LogP contribution in [0.5, 0.6) is 5.75 Å². The summed E-state index contributed by atoms with van der Waals surface area (Å²) >= 11 is 6.13. The summed E-state index contributed by atoms with van der Waals surface area (Å²) in [5, 5.41) is 3.63. The van der Waals surface area contributed by atoms with E-state index in [1.54, 1.807) is 19.2 Å². The van der Waals surface area contributed by atoms with Gasteiger partial charge in [0.1, 0.15) is 5.75 Å². The predicted molar refractivity (Wildman–Crippen MR) is 125 cm³/mol. The first-order chi connectivity index (χ1) is 12.7. The molecule has 0 aromatic heterocycles. The van der Waals surface area contributed by atoms with E-state index in [4.69, 9.17) is 22.1 Å². The van der Waals surface area contributed by atoms with Gasteiger partial charge in [-0.05, 0) is 49.1 Å². The summed E-state index contributed by atoms with van der Waals surface area (Å²) in [6.07, 6.45) is 2.35. The molecule has 1 aliphatic rings. The van der Waals surface area contributed by atoms with Crippen molar-refractivity contribution in [1.82, 2.24) is 0 Å². The number of hydrogen-bond donors (Lipinski definition) is 2. The van der Waals surface area contributed by atoms with Crippen molar-refractivity contribution in [2.75, 3.05) is 37.0 Å². The number of nitrogens with one attached hydrogen (secondary N) is 1. The summed E-state index contributed by atoms with van der Waals surface area (Å²) in [6, 6.07) is 16.0. The van der Waals surface area contributed by atoms with E-state index >= 15 is 0 Å². The van der Waals surface area contributed by atoms with Gasteiger partial charge >= 0.3 is 0 Å². The molecule has 1 aliphatic heterocycles. The van der Waals surface area contributed by atoms with E-state index in [-0.39, 0.29) is 24.0 Å². The van der Waals surface area contributed by atoms with Gasteiger partial charge in [0, 0.05) is 31.0 Å². The standard InChI is InChI=1S/C20H25ClN4O.HI/c1-26-19-10-9-16(12-18(19)21)24-20(22)23-13-15-6-5-11-25(14-15)17-7-3-2-4-8-17;/h2-4,7-10,12,15H,5-6,11,13-14H2,1H3,(H3,22,23,24);1H.